The fourth-order valence-electron chi connectivity index (χ4n) is 1.94. The predicted octanol–water partition coefficient (Wildman–Crippen LogP) is 4.54. The van der Waals surface area contributed by atoms with Crippen molar-refractivity contribution in [3.63, 3.8) is 0 Å². The molecule has 0 radical (unpaired) electrons. The average Bonchev–Trinajstić information content (AvgIpc) is 2.49. The summed E-state index contributed by atoms with van der Waals surface area (Å²) in [5.41, 5.74) is -0.390. The largest absolute Gasteiger partial charge is 0.457 e. The summed E-state index contributed by atoms with van der Waals surface area (Å²) < 4.78 is 10.9. The second-order valence-corrected chi connectivity index (χ2v) is 5.29. The summed E-state index contributed by atoms with van der Waals surface area (Å²) in [6, 6.07) is 14.1. The monoisotopic (exact) mass is 314 g/mol. The Labute approximate surface area is 134 Å². The Kier molecular flexibility index (Phi) is 4.75. The summed E-state index contributed by atoms with van der Waals surface area (Å²) in [5.74, 6) is 3.40. The van der Waals surface area contributed by atoms with Gasteiger partial charge in [-0.2, -0.15) is 0 Å². The summed E-state index contributed by atoms with van der Waals surface area (Å²) in [4.78, 5) is 11.2. The van der Waals surface area contributed by atoms with E-state index in [4.69, 9.17) is 27.5 Å². The highest BCUT2D eigenvalue weighted by Crippen LogP contribution is 2.28. The maximum Gasteiger partial charge on any atom is 0.304 e. The number of esters is 1. The first-order valence-corrected chi connectivity index (χ1v) is 7.02. The molecule has 112 valence electrons. The van der Waals surface area contributed by atoms with Crippen LogP contribution >= 0.6 is 11.6 Å². The molecule has 0 aliphatic carbocycles. The lowest BCUT2D eigenvalue weighted by atomic mass is 9.96. The van der Waals surface area contributed by atoms with E-state index in [0.717, 1.165) is 0 Å². The molecule has 2 aromatic rings. The van der Waals surface area contributed by atoms with Gasteiger partial charge in [-0.1, -0.05) is 29.7 Å². The minimum absolute atomic E-state index is 0.429. The molecule has 2 aromatic carbocycles. The Morgan fingerprint density at radius 1 is 1.09 bits per heavy atom. The van der Waals surface area contributed by atoms with E-state index in [1.165, 1.54) is 6.92 Å². The lowest BCUT2D eigenvalue weighted by Gasteiger charge is -2.23. The van der Waals surface area contributed by atoms with Gasteiger partial charge in [0.1, 0.15) is 11.5 Å². The van der Waals surface area contributed by atoms with E-state index in [-0.39, 0.29) is 0 Å². The molecule has 1 unspecified atom stereocenters. The standard InChI is InChI=1S/C18H15ClO3/c1-4-18(3,22-13(2)20)14-5-9-16(10-6-14)21-17-11-7-15(19)8-12-17/h1,5-12H,2-3H3. The van der Waals surface area contributed by atoms with E-state index in [2.05, 4.69) is 5.92 Å². The number of terminal acetylenes is 1. The molecule has 22 heavy (non-hydrogen) atoms. The van der Waals surface area contributed by atoms with Crippen LogP contribution in [0.5, 0.6) is 11.5 Å². The van der Waals surface area contributed by atoms with Gasteiger partial charge < -0.3 is 9.47 Å². The molecule has 4 heteroatoms. The van der Waals surface area contributed by atoms with E-state index >= 15 is 0 Å². The molecule has 0 N–H and O–H groups in total. The van der Waals surface area contributed by atoms with Crippen molar-refractivity contribution < 1.29 is 14.3 Å². The molecule has 0 bridgehead atoms. The molecule has 0 saturated carbocycles. The van der Waals surface area contributed by atoms with Crippen molar-refractivity contribution in [2.24, 2.45) is 0 Å². The summed E-state index contributed by atoms with van der Waals surface area (Å²) in [5, 5.41) is 0.647. The van der Waals surface area contributed by atoms with Gasteiger partial charge in [0, 0.05) is 17.5 Å². The van der Waals surface area contributed by atoms with E-state index in [9.17, 15) is 4.79 Å². The highest BCUT2D eigenvalue weighted by Gasteiger charge is 2.27. The molecular weight excluding hydrogens is 300 g/mol. The zero-order valence-electron chi connectivity index (χ0n) is 12.3. The van der Waals surface area contributed by atoms with Crippen LogP contribution in [0.3, 0.4) is 0 Å². The fraction of sp³-hybridized carbons (Fsp3) is 0.167. The number of carbonyl (C=O) groups excluding carboxylic acids is 1. The van der Waals surface area contributed by atoms with Crippen LogP contribution in [-0.2, 0) is 15.1 Å². The Morgan fingerprint density at radius 3 is 2.05 bits per heavy atom. The average molecular weight is 315 g/mol. The smallest absolute Gasteiger partial charge is 0.304 e. The number of hydrogen-bond donors (Lipinski definition) is 0. The molecule has 1 atom stereocenters. The lowest BCUT2D eigenvalue weighted by molar-refractivity contribution is -0.151. The molecule has 0 aromatic heterocycles. The molecule has 0 aliphatic rings. The minimum atomic E-state index is -1.09. The topological polar surface area (TPSA) is 35.5 Å². The zero-order valence-corrected chi connectivity index (χ0v) is 13.1. The number of ether oxygens (including phenoxy) is 2. The van der Waals surface area contributed by atoms with Gasteiger partial charge in [-0.25, -0.2) is 0 Å². The lowest BCUT2D eigenvalue weighted by Crippen LogP contribution is -2.26. The van der Waals surface area contributed by atoms with Crippen molar-refractivity contribution in [1.82, 2.24) is 0 Å². The third kappa shape index (κ3) is 3.81. The molecule has 0 fully saturated rings. The minimum Gasteiger partial charge on any atom is -0.457 e. The quantitative estimate of drug-likeness (QED) is 0.614. The fourth-order valence-corrected chi connectivity index (χ4v) is 2.06. The molecule has 0 amide bonds. The zero-order chi connectivity index (χ0) is 16.2. The Morgan fingerprint density at radius 2 is 1.59 bits per heavy atom. The van der Waals surface area contributed by atoms with Crippen molar-refractivity contribution in [3.05, 3.63) is 59.1 Å². The van der Waals surface area contributed by atoms with Crippen LogP contribution in [-0.4, -0.2) is 5.97 Å². The third-order valence-electron chi connectivity index (χ3n) is 3.08. The SMILES string of the molecule is C#CC(C)(OC(C)=O)c1ccc(Oc2ccc(Cl)cc2)cc1. The predicted molar refractivity (Wildman–Crippen MR) is 85.9 cm³/mol. The normalized spacial score (nSPS) is 12.8. The maximum atomic E-state index is 11.2. The molecule has 0 spiro atoms. The van der Waals surface area contributed by atoms with Crippen LogP contribution in [0.15, 0.2) is 48.5 Å². The van der Waals surface area contributed by atoms with Gasteiger partial charge >= 0.3 is 5.97 Å². The highest BCUT2D eigenvalue weighted by molar-refractivity contribution is 6.30. The van der Waals surface area contributed by atoms with Crippen LogP contribution < -0.4 is 4.74 Å². The first-order valence-electron chi connectivity index (χ1n) is 6.64. The molecule has 0 saturated heterocycles. The van der Waals surface area contributed by atoms with E-state index in [1.54, 1.807) is 55.5 Å². The molecule has 3 nitrogen and oxygen atoms in total. The second kappa shape index (κ2) is 6.55. The molecular formula is C18H15ClO3. The Hall–Kier alpha value is -2.44. The van der Waals surface area contributed by atoms with Gasteiger partial charge in [0.25, 0.3) is 0 Å². The molecule has 0 aliphatic heterocycles. The van der Waals surface area contributed by atoms with Gasteiger partial charge in [-0.15, -0.1) is 6.42 Å². The number of rotatable bonds is 4. The van der Waals surface area contributed by atoms with Gasteiger partial charge in [0.15, 0.2) is 5.60 Å². The summed E-state index contributed by atoms with van der Waals surface area (Å²) >= 11 is 5.83. The van der Waals surface area contributed by atoms with Crippen LogP contribution in [0.25, 0.3) is 0 Å². The Balaban J connectivity index is 2.17. The van der Waals surface area contributed by atoms with Crippen LogP contribution in [0, 0.1) is 12.3 Å². The van der Waals surface area contributed by atoms with Gasteiger partial charge in [0.05, 0.1) is 0 Å². The van der Waals surface area contributed by atoms with E-state index in [0.29, 0.717) is 22.1 Å². The maximum absolute atomic E-state index is 11.2. The van der Waals surface area contributed by atoms with Gasteiger partial charge in [0.2, 0.25) is 0 Å². The van der Waals surface area contributed by atoms with Crippen molar-refractivity contribution in [1.29, 1.82) is 0 Å². The van der Waals surface area contributed by atoms with Gasteiger partial charge in [-0.3, -0.25) is 4.79 Å². The van der Waals surface area contributed by atoms with Crippen molar-refractivity contribution >= 4 is 17.6 Å². The first-order chi connectivity index (χ1) is 10.4. The Bertz CT molecular complexity index is 699. The summed E-state index contributed by atoms with van der Waals surface area (Å²) in [6.45, 7) is 3.00. The van der Waals surface area contributed by atoms with Crippen molar-refractivity contribution in [2.75, 3.05) is 0 Å². The number of halogens is 1. The van der Waals surface area contributed by atoms with Crippen molar-refractivity contribution in [2.45, 2.75) is 19.4 Å². The summed E-state index contributed by atoms with van der Waals surface area (Å²) in [6.07, 6.45) is 5.49. The van der Waals surface area contributed by atoms with Crippen LogP contribution in [0.1, 0.15) is 19.4 Å². The first kappa shape index (κ1) is 15.9. The van der Waals surface area contributed by atoms with Gasteiger partial charge in [-0.05, 0) is 43.3 Å². The number of benzene rings is 2. The van der Waals surface area contributed by atoms with Crippen molar-refractivity contribution in [3.8, 4) is 23.8 Å². The number of hydrogen-bond acceptors (Lipinski definition) is 3. The third-order valence-corrected chi connectivity index (χ3v) is 3.33. The number of carbonyl (C=O) groups is 1. The van der Waals surface area contributed by atoms with Crippen LogP contribution in [0.4, 0.5) is 0 Å². The molecule has 2 rings (SSSR count). The van der Waals surface area contributed by atoms with E-state index in [1.807, 2.05) is 0 Å². The summed E-state index contributed by atoms with van der Waals surface area (Å²) in [7, 11) is 0. The molecule has 0 heterocycles. The highest BCUT2D eigenvalue weighted by atomic mass is 35.5. The van der Waals surface area contributed by atoms with Crippen LogP contribution in [0.2, 0.25) is 5.02 Å². The second-order valence-electron chi connectivity index (χ2n) is 4.85. The van der Waals surface area contributed by atoms with E-state index < -0.39 is 11.6 Å².